The highest BCUT2D eigenvalue weighted by Crippen LogP contribution is 2.15. The Morgan fingerprint density at radius 1 is 1.08 bits per heavy atom. The highest BCUT2D eigenvalue weighted by molar-refractivity contribution is 7.90. The van der Waals surface area contributed by atoms with Gasteiger partial charge in [0.25, 0.3) is 5.91 Å². The van der Waals surface area contributed by atoms with Gasteiger partial charge < -0.3 is 10.1 Å². The van der Waals surface area contributed by atoms with Crippen LogP contribution in [-0.4, -0.2) is 32.7 Å². The van der Waals surface area contributed by atoms with Crippen molar-refractivity contribution in [3.05, 3.63) is 59.7 Å². The van der Waals surface area contributed by atoms with E-state index in [0.717, 1.165) is 11.8 Å². The van der Waals surface area contributed by atoms with Crippen LogP contribution >= 0.6 is 0 Å². The first kappa shape index (κ1) is 18.7. The number of hydrogen-bond acceptors (Lipinski definition) is 5. The Hall–Kier alpha value is -2.67. The summed E-state index contributed by atoms with van der Waals surface area (Å²) in [5, 5.41) is 2.69. The van der Waals surface area contributed by atoms with Crippen LogP contribution in [0.2, 0.25) is 0 Å². The normalized spacial score (nSPS) is 12.3. The lowest BCUT2D eigenvalue weighted by Crippen LogP contribution is -2.30. The molecule has 1 N–H and O–H groups in total. The minimum absolute atomic E-state index is 0.0129. The number of para-hydroxylation sites is 1. The molecule has 1 unspecified atom stereocenters. The number of anilines is 1. The third-order valence-corrected chi connectivity index (χ3v) is 4.66. The molecule has 0 aliphatic heterocycles. The molecule has 0 saturated heterocycles. The fourth-order valence-electron chi connectivity index (χ4n) is 2.08. The Bertz CT molecular complexity index is 905. The van der Waals surface area contributed by atoms with E-state index in [-0.39, 0.29) is 10.5 Å². The van der Waals surface area contributed by atoms with Crippen molar-refractivity contribution in [3.63, 3.8) is 0 Å². The molecule has 2 aromatic carbocycles. The van der Waals surface area contributed by atoms with Crippen LogP contribution in [0.3, 0.4) is 0 Å². The zero-order valence-corrected chi connectivity index (χ0v) is 15.0. The van der Waals surface area contributed by atoms with Gasteiger partial charge >= 0.3 is 5.97 Å². The Balaban J connectivity index is 2.07. The number of carbonyl (C=O) groups is 2. The number of carbonyl (C=O) groups excluding carboxylic acids is 2. The number of nitrogens with one attached hydrogen (secondary N) is 1. The number of esters is 1. The molecule has 0 heterocycles. The van der Waals surface area contributed by atoms with Gasteiger partial charge in [-0.1, -0.05) is 24.3 Å². The zero-order valence-electron chi connectivity index (χ0n) is 14.1. The molecule has 2 rings (SSSR count). The Labute approximate surface area is 146 Å². The molecule has 0 aliphatic rings. The average Bonchev–Trinajstić information content (AvgIpc) is 2.56. The highest BCUT2D eigenvalue weighted by Gasteiger charge is 2.20. The van der Waals surface area contributed by atoms with Crippen LogP contribution in [0.4, 0.5) is 5.69 Å². The van der Waals surface area contributed by atoms with Crippen LogP contribution < -0.4 is 5.32 Å². The molecule has 0 spiro atoms. The quantitative estimate of drug-likeness (QED) is 0.827. The Morgan fingerprint density at radius 2 is 1.76 bits per heavy atom. The second-order valence-corrected chi connectivity index (χ2v) is 7.67. The standard InChI is InChI=1S/C18H19NO5S/c1-12-7-4-5-10-16(12)19-17(20)13(2)24-18(21)14-8-6-9-15(11-14)25(3,22)23/h4-11,13H,1-3H3,(H,19,20). The summed E-state index contributed by atoms with van der Waals surface area (Å²) in [6.45, 7) is 3.30. The SMILES string of the molecule is Cc1ccccc1NC(=O)C(C)OC(=O)c1cccc(S(C)(=O)=O)c1. The molecule has 0 aliphatic carbocycles. The maximum absolute atomic E-state index is 12.2. The molecular formula is C18H19NO5S. The van der Waals surface area contributed by atoms with Gasteiger partial charge in [-0.3, -0.25) is 4.79 Å². The van der Waals surface area contributed by atoms with Crippen molar-refractivity contribution < 1.29 is 22.7 Å². The van der Waals surface area contributed by atoms with Gasteiger partial charge in [-0.15, -0.1) is 0 Å². The van der Waals surface area contributed by atoms with Gasteiger partial charge in [-0.2, -0.15) is 0 Å². The first-order chi connectivity index (χ1) is 11.7. The van der Waals surface area contributed by atoms with Crippen LogP contribution in [-0.2, 0) is 19.4 Å². The molecule has 132 valence electrons. The second-order valence-electron chi connectivity index (χ2n) is 5.65. The van der Waals surface area contributed by atoms with Crippen molar-refractivity contribution in [1.82, 2.24) is 0 Å². The first-order valence-corrected chi connectivity index (χ1v) is 9.45. The van der Waals surface area contributed by atoms with Gasteiger partial charge in [0, 0.05) is 11.9 Å². The van der Waals surface area contributed by atoms with Crippen molar-refractivity contribution in [1.29, 1.82) is 0 Å². The number of rotatable bonds is 5. The van der Waals surface area contributed by atoms with Crippen LogP contribution in [0, 0.1) is 6.92 Å². The maximum Gasteiger partial charge on any atom is 0.338 e. The highest BCUT2D eigenvalue weighted by atomic mass is 32.2. The number of aryl methyl sites for hydroxylation is 1. The lowest BCUT2D eigenvalue weighted by Gasteiger charge is -2.15. The molecule has 6 nitrogen and oxygen atoms in total. The number of sulfone groups is 1. The van der Waals surface area contributed by atoms with Gasteiger partial charge in [-0.25, -0.2) is 13.2 Å². The van der Waals surface area contributed by atoms with Crippen molar-refractivity contribution in [3.8, 4) is 0 Å². The summed E-state index contributed by atoms with van der Waals surface area (Å²) in [7, 11) is -3.44. The van der Waals surface area contributed by atoms with Gasteiger partial charge in [0.05, 0.1) is 10.5 Å². The topological polar surface area (TPSA) is 89.5 Å². The molecule has 25 heavy (non-hydrogen) atoms. The lowest BCUT2D eigenvalue weighted by molar-refractivity contribution is -0.123. The van der Waals surface area contributed by atoms with Crippen LogP contribution in [0.1, 0.15) is 22.8 Å². The summed E-state index contributed by atoms with van der Waals surface area (Å²) in [5.74, 6) is -1.24. The van der Waals surface area contributed by atoms with Gasteiger partial charge in [0.15, 0.2) is 15.9 Å². The van der Waals surface area contributed by atoms with Crippen LogP contribution in [0.15, 0.2) is 53.4 Å². The molecule has 0 fully saturated rings. The summed E-state index contributed by atoms with van der Waals surface area (Å²) in [4.78, 5) is 24.3. The molecule has 2 aromatic rings. The average molecular weight is 361 g/mol. The Kier molecular flexibility index (Phi) is 5.58. The van der Waals surface area contributed by atoms with Crippen LogP contribution in [0.5, 0.6) is 0 Å². The summed E-state index contributed by atoms with van der Waals surface area (Å²) in [5.41, 5.74) is 1.59. The number of hydrogen-bond donors (Lipinski definition) is 1. The number of ether oxygens (including phenoxy) is 1. The molecule has 0 radical (unpaired) electrons. The second kappa shape index (κ2) is 7.48. The molecule has 1 atom stereocenters. The van der Waals surface area contributed by atoms with Gasteiger partial charge in [0.1, 0.15) is 0 Å². The summed E-state index contributed by atoms with van der Waals surface area (Å²) in [6, 6.07) is 12.7. The van der Waals surface area contributed by atoms with Crippen molar-refractivity contribution in [2.45, 2.75) is 24.8 Å². The van der Waals surface area contributed by atoms with E-state index in [1.165, 1.54) is 31.2 Å². The van der Waals surface area contributed by atoms with Crippen molar-refractivity contribution in [2.75, 3.05) is 11.6 Å². The third-order valence-electron chi connectivity index (χ3n) is 3.55. The van der Waals surface area contributed by atoms with E-state index in [0.29, 0.717) is 5.69 Å². The summed E-state index contributed by atoms with van der Waals surface area (Å²) >= 11 is 0. The lowest BCUT2D eigenvalue weighted by atomic mass is 10.2. The van der Waals surface area contributed by atoms with E-state index in [9.17, 15) is 18.0 Å². The van der Waals surface area contributed by atoms with Crippen molar-refractivity contribution >= 4 is 27.4 Å². The molecule has 0 aromatic heterocycles. The molecule has 0 bridgehead atoms. The summed E-state index contributed by atoms with van der Waals surface area (Å²) in [6.07, 6.45) is 0.0180. The predicted molar refractivity (Wildman–Crippen MR) is 94.2 cm³/mol. The molecule has 1 amide bonds. The third kappa shape index (κ3) is 4.90. The minimum atomic E-state index is -3.44. The van der Waals surface area contributed by atoms with E-state index in [2.05, 4.69) is 5.32 Å². The fourth-order valence-corrected chi connectivity index (χ4v) is 2.75. The molecule has 0 saturated carbocycles. The zero-order chi connectivity index (χ0) is 18.6. The van der Waals surface area contributed by atoms with Gasteiger partial charge in [0.2, 0.25) is 0 Å². The van der Waals surface area contributed by atoms with E-state index in [1.807, 2.05) is 19.1 Å². The van der Waals surface area contributed by atoms with Crippen LogP contribution in [0.25, 0.3) is 0 Å². The molecule has 7 heteroatoms. The fraction of sp³-hybridized carbons (Fsp3) is 0.222. The number of amides is 1. The smallest absolute Gasteiger partial charge is 0.338 e. The van der Waals surface area contributed by atoms with Gasteiger partial charge in [-0.05, 0) is 43.7 Å². The largest absolute Gasteiger partial charge is 0.449 e. The number of benzene rings is 2. The Morgan fingerprint density at radius 3 is 2.40 bits per heavy atom. The van der Waals surface area contributed by atoms with E-state index >= 15 is 0 Å². The van der Waals surface area contributed by atoms with E-state index in [1.54, 1.807) is 12.1 Å². The first-order valence-electron chi connectivity index (χ1n) is 7.56. The van der Waals surface area contributed by atoms with E-state index < -0.39 is 27.8 Å². The minimum Gasteiger partial charge on any atom is -0.449 e. The maximum atomic E-state index is 12.2. The monoisotopic (exact) mass is 361 g/mol. The molecular weight excluding hydrogens is 342 g/mol. The van der Waals surface area contributed by atoms with E-state index in [4.69, 9.17) is 4.74 Å². The summed E-state index contributed by atoms with van der Waals surface area (Å²) < 4.78 is 28.2. The van der Waals surface area contributed by atoms with Crippen molar-refractivity contribution in [2.24, 2.45) is 0 Å². The predicted octanol–water partition coefficient (Wildman–Crippen LogP) is 2.58.